The van der Waals surface area contributed by atoms with Gasteiger partial charge in [-0.25, -0.2) is 4.79 Å². The van der Waals surface area contributed by atoms with E-state index in [0.29, 0.717) is 11.5 Å². The van der Waals surface area contributed by atoms with Crippen LogP contribution in [0.1, 0.15) is 12.8 Å². The molecule has 0 spiro atoms. The third-order valence-electron chi connectivity index (χ3n) is 2.32. The van der Waals surface area contributed by atoms with Crippen molar-refractivity contribution in [3.8, 4) is 0 Å². The van der Waals surface area contributed by atoms with Crippen LogP contribution in [0.15, 0.2) is 60.0 Å². The van der Waals surface area contributed by atoms with Gasteiger partial charge in [-0.15, -0.1) is 0 Å². The smallest absolute Gasteiger partial charge is 0.328 e. The van der Waals surface area contributed by atoms with Gasteiger partial charge in [0.05, 0.1) is 0 Å². The normalized spacial score (nSPS) is 18.9. The maximum absolute atomic E-state index is 10.3. The van der Waals surface area contributed by atoms with Gasteiger partial charge in [0, 0.05) is 6.08 Å². The van der Waals surface area contributed by atoms with Crippen molar-refractivity contribution in [2.24, 2.45) is 0 Å². The molecule has 4 nitrogen and oxygen atoms in total. The summed E-state index contributed by atoms with van der Waals surface area (Å²) < 4.78 is 10.6. The molecule has 0 aromatic heterocycles. The van der Waals surface area contributed by atoms with Crippen LogP contribution in [-0.4, -0.2) is 11.1 Å². The molecule has 0 aromatic carbocycles. The molecule has 0 bridgehead atoms. The average Bonchev–Trinajstić information content (AvgIpc) is 2.38. The van der Waals surface area contributed by atoms with Crippen molar-refractivity contribution in [2.45, 2.75) is 12.8 Å². The molecule has 0 amide bonds. The van der Waals surface area contributed by atoms with E-state index in [9.17, 15) is 4.79 Å². The van der Waals surface area contributed by atoms with Crippen molar-refractivity contribution in [2.75, 3.05) is 0 Å². The fraction of sp³-hybridized carbons (Fsp3) is 0.154. The summed E-state index contributed by atoms with van der Waals surface area (Å²) >= 11 is 0. The number of carboxylic acid groups (broad SMARTS) is 1. The summed E-state index contributed by atoms with van der Waals surface area (Å²) in [4.78, 5) is 10.3. The molecule has 0 radical (unpaired) electrons. The molecule has 0 aromatic rings. The fourth-order valence-electron chi connectivity index (χ4n) is 1.49. The number of carboxylic acids is 1. The van der Waals surface area contributed by atoms with E-state index in [-0.39, 0.29) is 0 Å². The number of hydrogen-bond donors (Lipinski definition) is 1. The van der Waals surface area contributed by atoms with Crippen LogP contribution < -0.4 is 0 Å². The topological polar surface area (TPSA) is 55.8 Å². The van der Waals surface area contributed by atoms with Crippen molar-refractivity contribution in [1.29, 1.82) is 0 Å². The molecule has 1 aliphatic carbocycles. The van der Waals surface area contributed by atoms with E-state index < -0.39 is 5.97 Å². The van der Waals surface area contributed by atoms with Gasteiger partial charge in [-0.1, -0.05) is 18.2 Å². The Morgan fingerprint density at radius 1 is 1.35 bits per heavy atom. The maximum atomic E-state index is 10.3. The SMILES string of the molecule is O=C(O)C=CC1=COC(C2=CC=CCC2)=CO1. The Balaban J connectivity index is 1.98. The standard InChI is InChI=1S/C13H12O4/c14-13(15)7-6-11-8-17-12(9-16-11)10-4-2-1-3-5-10/h1-2,4,6-9H,3,5H2,(H,14,15). The lowest BCUT2D eigenvalue weighted by atomic mass is 10.0. The predicted octanol–water partition coefficient (Wildman–Crippen LogP) is 2.63. The van der Waals surface area contributed by atoms with Crippen molar-refractivity contribution in [3.63, 3.8) is 0 Å². The summed E-state index contributed by atoms with van der Waals surface area (Å²) in [6.45, 7) is 0. The Morgan fingerprint density at radius 3 is 2.82 bits per heavy atom. The molecule has 0 unspecified atom stereocenters. The number of aliphatic carboxylic acids is 1. The molecule has 2 rings (SSSR count). The highest BCUT2D eigenvalue weighted by Gasteiger charge is 2.12. The van der Waals surface area contributed by atoms with Crippen LogP contribution in [0.2, 0.25) is 0 Å². The summed E-state index contributed by atoms with van der Waals surface area (Å²) in [5, 5.41) is 8.46. The molecular weight excluding hydrogens is 220 g/mol. The molecule has 0 saturated carbocycles. The highest BCUT2D eigenvalue weighted by Crippen LogP contribution is 2.25. The quantitative estimate of drug-likeness (QED) is 0.760. The lowest BCUT2D eigenvalue weighted by molar-refractivity contribution is -0.131. The minimum atomic E-state index is -1.02. The summed E-state index contributed by atoms with van der Waals surface area (Å²) in [5.41, 5.74) is 1.07. The Morgan fingerprint density at radius 2 is 2.24 bits per heavy atom. The lowest BCUT2D eigenvalue weighted by Crippen LogP contribution is -2.01. The van der Waals surface area contributed by atoms with Crippen molar-refractivity contribution in [1.82, 2.24) is 0 Å². The van der Waals surface area contributed by atoms with Crippen LogP contribution in [0.5, 0.6) is 0 Å². The zero-order chi connectivity index (χ0) is 12.1. The molecular formula is C13H12O4. The van der Waals surface area contributed by atoms with E-state index in [1.165, 1.54) is 18.6 Å². The first kappa shape index (κ1) is 11.3. The molecule has 4 heteroatoms. The second kappa shape index (κ2) is 5.21. The third-order valence-corrected chi connectivity index (χ3v) is 2.32. The largest absolute Gasteiger partial charge is 0.478 e. The summed E-state index contributed by atoms with van der Waals surface area (Å²) in [7, 11) is 0. The van der Waals surface area contributed by atoms with Crippen molar-refractivity contribution < 1.29 is 19.4 Å². The zero-order valence-corrected chi connectivity index (χ0v) is 9.13. The maximum Gasteiger partial charge on any atom is 0.328 e. The van der Waals surface area contributed by atoms with Crippen molar-refractivity contribution in [3.05, 3.63) is 60.0 Å². The number of allylic oxidation sites excluding steroid dienone is 5. The molecule has 1 heterocycles. The van der Waals surface area contributed by atoms with E-state index in [4.69, 9.17) is 14.6 Å². The molecule has 1 N–H and O–H groups in total. The monoisotopic (exact) mass is 232 g/mol. The van der Waals surface area contributed by atoms with Gasteiger partial charge in [-0.2, -0.15) is 0 Å². The lowest BCUT2D eigenvalue weighted by Gasteiger charge is -2.16. The molecule has 0 fully saturated rings. The fourth-order valence-corrected chi connectivity index (χ4v) is 1.49. The van der Waals surface area contributed by atoms with E-state index in [1.807, 2.05) is 12.2 Å². The van der Waals surface area contributed by atoms with Gasteiger partial charge in [-0.05, 0) is 24.5 Å². The molecule has 0 atom stereocenters. The van der Waals surface area contributed by atoms with Gasteiger partial charge in [0.25, 0.3) is 0 Å². The first-order valence-corrected chi connectivity index (χ1v) is 5.26. The van der Waals surface area contributed by atoms with Gasteiger partial charge in [0.1, 0.15) is 12.5 Å². The first-order chi connectivity index (χ1) is 8.25. The number of carbonyl (C=O) groups is 1. The molecule has 1 aliphatic heterocycles. The van der Waals surface area contributed by atoms with E-state index in [0.717, 1.165) is 24.5 Å². The second-order valence-corrected chi connectivity index (χ2v) is 3.57. The zero-order valence-electron chi connectivity index (χ0n) is 9.13. The Labute approximate surface area is 98.8 Å². The van der Waals surface area contributed by atoms with Crippen molar-refractivity contribution >= 4 is 5.97 Å². The van der Waals surface area contributed by atoms with Gasteiger partial charge < -0.3 is 14.6 Å². The van der Waals surface area contributed by atoms with Crippen LogP contribution in [0.25, 0.3) is 0 Å². The highest BCUT2D eigenvalue weighted by molar-refractivity contribution is 5.80. The van der Waals surface area contributed by atoms with Gasteiger partial charge in [0.15, 0.2) is 11.5 Å². The molecule has 17 heavy (non-hydrogen) atoms. The summed E-state index contributed by atoms with van der Waals surface area (Å²) in [6.07, 6.45) is 13.2. The minimum absolute atomic E-state index is 0.364. The average molecular weight is 232 g/mol. The van der Waals surface area contributed by atoms with Crippen LogP contribution >= 0.6 is 0 Å². The Bertz CT molecular complexity index is 464. The van der Waals surface area contributed by atoms with E-state index in [2.05, 4.69) is 6.08 Å². The second-order valence-electron chi connectivity index (χ2n) is 3.57. The van der Waals surface area contributed by atoms with Gasteiger partial charge in [-0.3, -0.25) is 0 Å². The number of hydrogen-bond acceptors (Lipinski definition) is 3. The van der Waals surface area contributed by atoms with Crippen LogP contribution in [0.4, 0.5) is 0 Å². The summed E-state index contributed by atoms with van der Waals surface area (Å²) in [5.74, 6) is 0.00864. The summed E-state index contributed by atoms with van der Waals surface area (Å²) in [6, 6.07) is 0. The van der Waals surface area contributed by atoms with Crippen LogP contribution in [0.3, 0.4) is 0 Å². The Hall–Kier alpha value is -2.23. The van der Waals surface area contributed by atoms with Gasteiger partial charge >= 0.3 is 5.97 Å². The van der Waals surface area contributed by atoms with Crippen LogP contribution in [-0.2, 0) is 14.3 Å². The van der Waals surface area contributed by atoms with E-state index >= 15 is 0 Å². The highest BCUT2D eigenvalue weighted by atomic mass is 16.5. The predicted molar refractivity (Wildman–Crippen MR) is 61.6 cm³/mol. The molecule has 88 valence electrons. The van der Waals surface area contributed by atoms with Gasteiger partial charge in [0.2, 0.25) is 0 Å². The molecule has 0 saturated heterocycles. The molecule has 2 aliphatic rings. The third kappa shape index (κ3) is 3.11. The van der Waals surface area contributed by atoms with E-state index in [1.54, 1.807) is 0 Å². The first-order valence-electron chi connectivity index (χ1n) is 5.26. The van der Waals surface area contributed by atoms with Crippen LogP contribution in [0, 0.1) is 0 Å². The number of rotatable bonds is 3. The Kier molecular flexibility index (Phi) is 3.45. The minimum Gasteiger partial charge on any atom is -0.478 e. The number of ether oxygens (including phenoxy) is 2.